The molecule has 0 aromatic carbocycles. The molecule has 0 amide bonds. The van der Waals surface area contributed by atoms with Crippen LogP contribution in [0.1, 0.15) is 25.7 Å². The SMILES string of the molecule is CN1CC2CC(=O)CCC2CC1C#N. The van der Waals surface area contributed by atoms with Gasteiger partial charge >= 0.3 is 0 Å². The van der Waals surface area contributed by atoms with Gasteiger partial charge in [0, 0.05) is 19.4 Å². The Hall–Kier alpha value is -0.880. The van der Waals surface area contributed by atoms with E-state index < -0.39 is 0 Å². The Kier molecular flexibility index (Phi) is 2.56. The first-order valence-corrected chi connectivity index (χ1v) is 5.32. The van der Waals surface area contributed by atoms with E-state index in [1.807, 2.05) is 7.05 Å². The van der Waals surface area contributed by atoms with Crippen LogP contribution >= 0.6 is 0 Å². The van der Waals surface area contributed by atoms with Gasteiger partial charge in [0.05, 0.1) is 12.1 Å². The lowest BCUT2D eigenvalue weighted by Gasteiger charge is -2.41. The van der Waals surface area contributed by atoms with Crippen molar-refractivity contribution in [1.82, 2.24) is 4.90 Å². The number of carbonyl (C=O) groups is 1. The van der Waals surface area contributed by atoms with E-state index in [-0.39, 0.29) is 6.04 Å². The quantitative estimate of drug-likeness (QED) is 0.579. The van der Waals surface area contributed by atoms with E-state index in [9.17, 15) is 4.79 Å². The highest BCUT2D eigenvalue weighted by Gasteiger charge is 2.37. The molecule has 0 radical (unpaired) electrons. The van der Waals surface area contributed by atoms with Crippen molar-refractivity contribution in [1.29, 1.82) is 5.26 Å². The first-order valence-electron chi connectivity index (χ1n) is 5.32. The van der Waals surface area contributed by atoms with Gasteiger partial charge in [0.2, 0.25) is 0 Å². The Labute approximate surface area is 84.7 Å². The largest absolute Gasteiger partial charge is 0.300 e. The summed E-state index contributed by atoms with van der Waals surface area (Å²) in [6.07, 6.45) is 3.46. The summed E-state index contributed by atoms with van der Waals surface area (Å²) < 4.78 is 0. The van der Waals surface area contributed by atoms with Gasteiger partial charge in [0.1, 0.15) is 5.78 Å². The Morgan fingerprint density at radius 2 is 2.29 bits per heavy atom. The van der Waals surface area contributed by atoms with Gasteiger partial charge in [-0.3, -0.25) is 9.69 Å². The van der Waals surface area contributed by atoms with Gasteiger partial charge in [-0.2, -0.15) is 5.26 Å². The molecule has 1 aliphatic carbocycles. The average molecular weight is 192 g/mol. The van der Waals surface area contributed by atoms with Gasteiger partial charge in [-0.15, -0.1) is 0 Å². The number of piperidine rings is 1. The van der Waals surface area contributed by atoms with E-state index >= 15 is 0 Å². The minimum Gasteiger partial charge on any atom is -0.300 e. The third-order valence-electron chi connectivity index (χ3n) is 3.68. The van der Waals surface area contributed by atoms with Crippen molar-refractivity contribution in [2.24, 2.45) is 11.8 Å². The highest BCUT2D eigenvalue weighted by atomic mass is 16.1. The number of hydrogen-bond donors (Lipinski definition) is 0. The topological polar surface area (TPSA) is 44.1 Å². The molecule has 1 saturated carbocycles. The summed E-state index contributed by atoms with van der Waals surface area (Å²) in [5, 5.41) is 8.95. The fraction of sp³-hybridized carbons (Fsp3) is 0.818. The number of rotatable bonds is 0. The molecule has 76 valence electrons. The number of nitriles is 1. The number of fused-ring (bicyclic) bond motifs is 1. The number of hydrogen-bond acceptors (Lipinski definition) is 3. The number of Topliss-reactive ketones (excluding diaryl/α,β-unsaturated/α-hetero) is 1. The normalized spacial score (nSPS) is 38.9. The second-order valence-electron chi connectivity index (χ2n) is 4.62. The summed E-state index contributed by atoms with van der Waals surface area (Å²) in [5.41, 5.74) is 0. The molecule has 1 aliphatic heterocycles. The molecule has 0 bridgehead atoms. The van der Waals surface area contributed by atoms with Gasteiger partial charge < -0.3 is 0 Å². The van der Waals surface area contributed by atoms with Crippen LogP contribution in [0.15, 0.2) is 0 Å². The van der Waals surface area contributed by atoms with Crippen LogP contribution in [-0.2, 0) is 4.79 Å². The summed E-state index contributed by atoms with van der Waals surface area (Å²) >= 11 is 0. The van der Waals surface area contributed by atoms with E-state index in [1.165, 1.54) is 0 Å². The highest BCUT2D eigenvalue weighted by Crippen LogP contribution is 2.36. The lowest BCUT2D eigenvalue weighted by atomic mass is 9.73. The molecule has 3 heteroatoms. The minimum atomic E-state index is 0.0736. The number of likely N-dealkylation sites (tertiary alicyclic amines) is 1. The maximum Gasteiger partial charge on any atom is 0.133 e. The average Bonchev–Trinajstić information content (AvgIpc) is 2.16. The lowest BCUT2D eigenvalue weighted by Crippen LogP contribution is -2.46. The number of carbonyl (C=O) groups excluding carboxylic acids is 1. The second-order valence-corrected chi connectivity index (χ2v) is 4.62. The number of ketones is 1. The van der Waals surface area contributed by atoms with Crippen LogP contribution in [0.3, 0.4) is 0 Å². The molecule has 3 nitrogen and oxygen atoms in total. The lowest BCUT2D eigenvalue weighted by molar-refractivity contribution is -0.124. The van der Waals surface area contributed by atoms with Crippen molar-refractivity contribution in [3.8, 4) is 6.07 Å². The summed E-state index contributed by atoms with van der Waals surface area (Å²) in [7, 11) is 1.99. The van der Waals surface area contributed by atoms with E-state index in [1.54, 1.807) is 0 Å². The molecule has 3 unspecified atom stereocenters. The molecule has 0 aromatic heterocycles. The van der Waals surface area contributed by atoms with Crippen molar-refractivity contribution < 1.29 is 4.79 Å². The predicted octanol–water partition coefficient (Wildman–Crippen LogP) is 1.20. The smallest absolute Gasteiger partial charge is 0.133 e. The molecule has 0 N–H and O–H groups in total. The Bertz CT molecular complexity index is 282. The van der Waals surface area contributed by atoms with Crippen LogP contribution in [0.25, 0.3) is 0 Å². The zero-order chi connectivity index (χ0) is 10.1. The van der Waals surface area contributed by atoms with Gasteiger partial charge in [-0.25, -0.2) is 0 Å². The second kappa shape index (κ2) is 3.70. The summed E-state index contributed by atoms with van der Waals surface area (Å²) in [6, 6.07) is 2.41. The molecule has 0 aromatic rings. The Morgan fingerprint density at radius 1 is 1.50 bits per heavy atom. The van der Waals surface area contributed by atoms with Crippen LogP contribution < -0.4 is 0 Å². The van der Waals surface area contributed by atoms with Crippen molar-refractivity contribution in [2.45, 2.75) is 31.7 Å². The zero-order valence-electron chi connectivity index (χ0n) is 8.57. The molecule has 2 aliphatic rings. The molecule has 2 fully saturated rings. The van der Waals surface area contributed by atoms with E-state index in [2.05, 4.69) is 11.0 Å². The maximum absolute atomic E-state index is 11.3. The van der Waals surface area contributed by atoms with E-state index in [0.717, 1.165) is 32.2 Å². The fourth-order valence-corrected chi connectivity index (χ4v) is 2.78. The minimum absolute atomic E-state index is 0.0736. The summed E-state index contributed by atoms with van der Waals surface area (Å²) in [5.74, 6) is 1.55. The third kappa shape index (κ3) is 1.67. The van der Waals surface area contributed by atoms with Crippen LogP contribution in [0.4, 0.5) is 0 Å². The summed E-state index contributed by atoms with van der Waals surface area (Å²) in [6.45, 7) is 0.925. The standard InChI is InChI=1S/C11H16N2O/c1-13-7-9-5-11(14)3-2-8(9)4-10(13)6-12/h8-10H,2-5,7H2,1H3. The molecule has 3 atom stereocenters. The zero-order valence-corrected chi connectivity index (χ0v) is 8.57. The maximum atomic E-state index is 11.3. The van der Waals surface area contributed by atoms with Gasteiger partial charge in [-0.1, -0.05) is 0 Å². The Balaban J connectivity index is 2.05. The van der Waals surface area contributed by atoms with Gasteiger partial charge in [0.25, 0.3) is 0 Å². The molecule has 1 saturated heterocycles. The molecule has 14 heavy (non-hydrogen) atoms. The van der Waals surface area contributed by atoms with Gasteiger partial charge in [0.15, 0.2) is 0 Å². The van der Waals surface area contributed by atoms with Crippen molar-refractivity contribution in [3.63, 3.8) is 0 Å². The van der Waals surface area contributed by atoms with Crippen LogP contribution in [0.2, 0.25) is 0 Å². The van der Waals surface area contributed by atoms with Crippen LogP contribution in [0.5, 0.6) is 0 Å². The first-order chi connectivity index (χ1) is 6.70. The van der Waals surface area contributed by atoms with E-state index in [0.29, 0.717) is 17.6 Å². The monoisotopic (exact) mass is 192 g/mol. The fourth-order valence-electron chi connectivity index (χ4n) is 2.78. The third-order valence-corrected chi connectivity index (χ3v) is 3.68. The molecule has 1 heterocycles. The summed E-state index contributed by atoms with van der Waals surface area (Å²) in [4.78, 5) is 13.4. The number of nitrogens with zero attached hydrogens (tertiary/aromatic N) is 2. The van der Waals surface area contributed by atoms with Crippen molar-refractivity contribution in [2.75, 3.05) is 13.6 Å². The highest BCUT2D eigenvalue weighted by molar-refractivity contribution is 5.79. The van der Waals surface area contributed by atoms with E-state index in [4.69, 9.17) is 5.26 Å². The first kappa shape index (κ1) is 9.67. The molecular formula is C11H16N2O. The van der Waals surface area contributed by atoms with Gasteiger partial charge in [-0.05, 0) is 31.7 Å². The predicted molar refractivity (Wildman–Crippen MR) is 52.5 cm³/mol. The molecular weight excluding hydrogens is 176 g/mol. The van der Waals surface area contributed by atoms with Crippen LogP contribution in [0, 0.1) is 23.2 Å². The Morgan fingerprint density at radius 3 is 3.00 bits per heavy atom. The molecule has 2 rings (SSSR count). The van der Waals surface area contributed by atoms with Crippen molar-refractivity contribution >= 4 is 5.78 Å². The van der Waals surface area contributed by atoms with Crippen molar-refractivity contribution in [3.05, 3.63) is 0 Å². The van der Waals surface area contributed by atoms with Crippen LogP contribution in [-0.4, -0.2) is 30.3 Å². The molecule has 0 spiro atoms.